The number of ketones is 1. The zero-order valence-electron chi connectivity index (χ0n) is 13.5. The fourth-order valence-corrected chi connectivity index (χ4v) is 2.94. The van der Waals surface area contributed by atoms with Crippen molar-refractivity contribution in [2.45, 2.75) is 38.5 Å². The van der Waals surface area contributed by atoms with Gasteiger partial charge in [-0.05, 0) is 63.2 Å². The first-order valence-corrected chi connectivity index (χ1v) is 8.81. The fourth-order valence-electron chi connectivity index (χ4n) is 2.81. The van der Waals surface area contributed by atoms with E-state index in [1.807, 2.05) is 0 Å². The van der Waals surface area contributed by atoms with Crippen LogP contribution in [0.4, 0.5) is 0 Å². The maximum atomic E-state index is 12.0. The third-order valence-corrected chi connectivity index (χ3v) is 4.42. The van der Waals surface area contributed by atoms with Gasteiger partial charge in [0.1, 0.15) is 0 Å². The van der Waals surface area contributed by atoms with Crippen LogP contribution in [0.1, 0.15) is 48.9 Å². The van der Waals surface area contributed by atoms with Gasteiger partial charge in [-0.25, -0.2) is 0 Å². The zero-order valence-corrected chi connectivity index (χ0v) is 14.3. The number of amides is 1. The number of piperidine rings is 1. The van der Waals surface area contributed by atoms with Gasteiger partial charge in [0.25, 0.3) is 0 Å². The molecule has 1 amide bonds. The molecule has 1 aliphatic rings. The van der Waals surface area contributed by atoms with Crippen molar-refractivity contribution in [3.63, 3.8) is 0 Å². The van der Waals surface area contributed by atoms with E-state index >= 15 is 0 Å². The molecule has 0 bridgehead atoms. The molecule has 0 spiro atoms. The average molecular weight is 337 g/mol. The monoisotopic (exact) mass is 336 g/mol. The molecule has 1 aromatic carbocycles. The number of Topliss-reactive ketones (excluding diaryl/α,β-unsaturated/α-hetero) is 1. The molecule has 0 atom stereocenters. The van der Waals surface area contributed by atoms with E-state index in [1.165, 1.54) is 32.4 Å². The molecule has 1 N–H and O–H groups in total. The van der Waals surface area contributed by atoms with Crippen LogP contribution in [0.15, 0.2) is 24.3 Å². The van der Waals surface area contributed by atoms with Crippen LogP contribution in [0.3, 0.4) is 0 Å². The third kappa shape index (κ3) is 6.71. The number of carbonyl (C=O) groups is 2. The minimum atomic E-state index is -0.0500. The van der Waals surface area contributed by atoms with E-state index in [9.17, 15) is 9.59 Å². The summed E-state index contributed by atoms with van der Waals surface area (Å²) in [4.78, 5) is 26.2. The number of hydrogen-bond acceptors (Lipinski definition) is 3. The predicted octanol–water partition coefficient (Wildman–Crippen LogP) is 3.30. The minimum absolute atomic E-state index is 0.0230. The van der Waals surface area contributed by atoms with Crippen LogP contribution >= 0.6 is 11.6 Å². The smallest absolute Gasteiger partial charge is 0.220 e. The predicted molar refractivity (Wildman–Crippen MR) is 92.9 cm³/mol. The van der Waals surface area contributed by atoms with Gasteiger partial charge in [0.05, 0.1) is 0 Å². The van der Waals surface area contributed by atoms with Gasteiger partial charge in [0.2, 0.25) is 5.91 Å². The van der Waals surface area contributed by atoms with E-state index in [0.717, 1.165) is 13.0 Å². The summed E-state index contributed by atoms with van der Waals surface area (Å²) in [6, 6.07) is 6.77. The molecule has 23 heavy (non-hydrogen) atoms. The highest BCUT2D eigenvalue weighted by molar-refractivity contribution is 6.30. The van der Waals surface area contributed by atoms with Gasteiger partial charge in [-0.1, -0.05) is 18.0 Å². The van der Waals surface area contributed by atoms with Crippen LogP contribution in [-0.2, 0) is 4.79 Å². The first-order chi connectivity index (χ1) is 11.1. The summed E-state index contributed by atoms with van der Waals surface area (Å²) in [7, 11) is 0. The largest absolute Gasteiger partial charge is 0.356 e. The molecule has 0 aromatic heterocycles. The first-order valence-electron chi connectivity index (χ1n) is 8.43. The summed E-state index contributed by atoms with van der Waals surface area (Å²) < 4.78 is 0. The number of nitrogens with one attached hydrogen (secondary N) is 1. The van der Waals surface area contributed by atoms with Crippen LogP contribution in [0.25, 0.3) is 0 Å². The van der Waals surface area contributed by atoms with Gasteiger partial charge in [-0.2, -0.15) is 0 Å². The molecule has 1 heterocycles. The topological polar surface area (TPSA) is 49.4 Å². The Bertz CT molecular complexity index is 510. The molecule has 126 valence electrons. The van der Waals surface area contributed by atoms with Crippen molar-refractivity contribution in [1.82, 2.24) is 10.2 Å². The molecule has 0 unspecified atom stereocenters. The van der Waals surface area contributed by atoms with Gasteiger partial charge >= 0.3 is 0 Å². The summed E-state index contributed by atoms with van der Waals surface area (Å²) in [6.07, 6.45) is 5.37. The SMILES string of the molecule is O=C(CCC(=O)c1ccc(Cl)cc1)NCCCN1CCCCC1. The molecule has 2 rings (SSSR count). The molecular weight excluding hydrogens is 312 g/mol. The molecule has 4 nitrogen and oxygen atoms in total. The van der Waals surface area contributed by atoms with E-state index in [-0.39, 0.29) is 24.5 Å². The second-order valence-electron chi connectivity index (χ2n) is 6.04. The number of hydrogen-bond donors (Lipinski definition) is 1. The Morgan fingerprint density at radius 1 is 1.04 bits per heavy atom. The van der Waals surface area contributed by atoms with Crippen molar-refractivity contribution >= 4 is 23.3 Å². The second-order valence-corrected chi connectivity index (χ2v) is 6.47. The van der Waals surface area contributed by atoms with E-state index in [1.54, 1.807) is 24.3 Å². The molecule has 1 aromatic rings. The van der Waals surface area contributed by atoms with Crippen molar-refractivity contribution in [3.8, 4) is 0 Å². The average Bonchev–Trinajstić information content (AvgIpc) is 2.58. The summed E-state index contributed by atoms with van der Waals surface area (Å²) in [6.45, 7) is 4.10. The molecule has 0 radical (unpaired) electrons. The second kappa shape index (κ2) is 9.68. The van der Waals surface area contributed by atoms with Crippen LogP contribution in [0.2, 0.25) is 5.02 Å². The molecule has 1 aliphatic heterocycles. The standard InChI is InChI=1S/C18H25ClN2O2/c19-16-7-5-15(6-8-16)17(22)9-10-18(23)20-11-4-14-21-12-2-1-3-13-21/h5-8H,1-4,9-14H2,(H,20,23). The lowest BCUT2D eigenvalue weighted by atomic mass is 10.1. The summed E-state index contributed by atoms with van der Waals surface area (Å²) in [5.41, 5.74) is 0.604. The number of halogens is 1. The van der Waals surface area contributed by atoms with Crippen molar-refractivity contribution in [1.29, 1.82) is 0 Å². The summed E-state index contributed by atoms with van der Waals surface area (Å²) >= 11 is 5.79. The maximum Gasteiger partial charge on any atom is 0.220 e. The Morgan fingerprint density at radius 2 is 1.74 bits per heavy atom. The van der Waals surface area contributed by atoms with E-state index in [4.69, 9.17) is 11.6 Å². The fraction of sp³-hybridized carbons (Fsp3) is 0.556. The van der Waals surface area contributed by atoms with Gasteiger partial charge in [0.15, 0.2) is 5.78 Å². The number of rotatable bonds is 8. The lowest BCUT2D eigenvalue weighted by molar-refractivity contribution is -0.121. The summed E-state index contributed by atoms with van der Waals surface area (Å²) in [5.74, 6) is -0.0731. The van der Waals surface area contributed by atoms with Gasteiger partial charge in [-0.3, -0.25) is 9.59 Å². The Labute approximate surface area is 143 Å². The normalized spacial score (nSPS) is 15.3. The van der Waals surface area contributed by atoms with Crippen LogP contribution in [-0.4, -0.2) is 42.8 Å². The lowest BCUT2D eigenvalue weighted by Crippen LogP contribution is -2.33. The molecule has 0 saturated carbocycles. The van der Waals surface area contributed by atoms with Crippen LogP contribution < -0.4 is 5.32 Å². The number of likely N-dealkylation sites (tertiary alicyclic amines) is 1. The number of nitrogens with zero attached hydrogens (tertiary/aromatic N) is 1. The lowest BCUT2D eigenvalue weighted by Gasteiger charge is -2.26. The minimum Gasteiger partial charge on any atom is -0.356 e. The molecule has 0 aliphatic carbocycles. The van der Waals surface area contributed by atoms with E-state index in [2.05, 4.69) is 10.2 Å². The molecular formula is C18H25ClN2O2. The maximum absolute atomic E-state index is 12.0. The Kier molecular flexibility index (Phi) is 7.56. The first kappa shape index (κ1) is 18.0. The summed E-state index contributed by atoms with van der Waals surface area (Å²) in [5, 5.41) is 3.50. The van der Waals surface area contributed by atoms with E-state index in [0.29, 0.717) is 17.1 Å². The Hall–Kier alpha value is -1.39. The molecule has 1 saturated heterocycles. The molecule has 5 heteroatoms. The highest BCUT2D eigenvalue weighted by Crippen LogP contribution is 2.12. The van der Waals surface area contributed by atoms with Crippen molar-refractivity contribution in [2.24, 2.45) is 0 Å². The van der Waals surface area contributed by atoms with Crippen molar-refractivity contribution < 1.29 is 9.59 Å². The van der Waals surface area contributed by atoms with Crippen LogP contribution in [0, 0.1) is 0 Å². The highest BCUT2D eigenvalue weighted by atomic mass is 35.5. The Morgan fingerprint density at radius 3 is 2.43 bits per heavy atom. The van der Waals surface area contributed by atoms with Gasteiger partial charge in [0, 0.05) is 30.0 Å². The van der Waals surface area contributed by atoms with Crippen molar-refractivity contribution in [2.75, 3.05) is 26.2 Å². The van der Waals surface area contributed by atoms with Crippen molar-refractivity contribution in [3.05, 3.63) is 34.9 Å². The zero-order chi connectivity index (χ0) is 16.5. The number of benzene rings is 1. The van der Waals surface area contributed by atoms with Gasteiger partial charge < -0.3 is 10.2 Å². The molecule has 1 fully saturated rings. The Balaban J connectivity index is 1.57. The van der Waals surface area contributed by atoms with Crippen LogP contribution in [0.5, 0.6) is 0 Å². The highest BCUT2D eigenvalue weighted by Gasteiger charge is 2.11. The van der Waals surface area contributed by atoms with Gasteiger partial charge in [-0.15, -0.1) is 0 Å². The van der Waals surface area contributed by atoms with E-state index < -0.39 is 0 Å². The quantitative estimate of drug-likeness (QED) is 0.585. The third-order valence-electron chi connectivity index (χ3n) is 4.17. The number of carbonyl (C=O) groups excluding carboxylic acids is 2.